The van der Waals surface area contributed by atoms with Crippen molar-refractivity contribution in [3.63, 3.8) is 0 Å². The number of hydrogen-bond donors (Lipinski definition) is 2. The van der Waals surface area contributed by atoms with Crippen molar-refractivity contribution < 1.29 is 14.3 Å². The summed E-state index contributed by atoms with van der Waals surface area (Å²) in [5.74, 6) is 1.33. The second-order valence-electron chi connectivity index (χ2n) is 9.26. The molecule has 2 aromatic carbocycles. The van der Waals surface area contributed by atoms with Gasteiger partial charge < -0.3 is 14.8 Å². The Labute approximate surface area is 213 Å². The SMILES string of the molecule is COc1ccc(C2CC(=O)C3=C(C2)Nc2[nH]n(-c4ccccc4)c(=O)c2C3c2cccnc2)cc1OC. The van der Waals surface area contributed by atoms with Crippen molar-refractivity contribution in [1.29, 1.82) is 0 Å². The molecule has 0 amide bonds. The van der Waals surface area contributed by atoms with Gasteiger partial charge in [0.15, 0.2) is 17.3 Å². The van der Waals surface area contributed by atoms with E-state index in [9.17, 15) is 9.59 Å². The lowest BCUT2D eigenvalue weighted by molar-refractivity contribution is -0.116. The molecule has 0 saturated carbocycles. The number of H-pyrrole nitrogens is 1. The standard InChI is InChI=1S/C29H26N4O4/c1-36-23-11-10-17(15-24(23)37-2)19-13-21-26(22(34)14-19)25(18-7-6-12-30-16-18)27-28(31-21)32-33(29(27)35)20-8-4-3-5-9-20/h3-12,15-16,19,25,31-32H,13-14H2,1-2H3. The molecule has 0 fully saturated rings. The van der Waals surface area contributed by atoms with Gasteiger partial charge in [-0.2, -0.15) is 0 Å². The molecule has 0 radical (unpaired) electrons. The van der Waals surface area contributed by atoms with E-state index in [1.54, 1.807) is 26.6 Å². The Kier molecular flexibility index (Phi) is 5.64. The first-order chi connectivity index (χ1) is 18.1. The molecule has 186 valence electrons. The fourth-order valence-corrected chi connectivity index (χ4v) is 5.47. The number of pyridine rings is 1. The van der Waals surface area contributed by atoms with Gasteiger partial charge in [-0.15, -0.1) is 0 Å². The monoisotopic (exact) mass is 494 g/mol. The second kappa shape index (κ2) is 9.13. The number of allylic oxidation sites excluding steroid dienone is 2. The maximum atomic E-state index is 13.8. The Morgan fingerprint density at radius 3 is 2.46 bits per heavy atom. The first-order valence-corrected chi connectivity index (χ1v) is 12.1. The molecule has 1 aliphatic carbocycles. The molecule has 2 aromatic heterocycles. The number of ether oxygens (including phenoxy) is 2. The number of carbonyl (C=O) groups excluding carboxylic acids is 1. The minimum absolute atomic E-state index is 0.0138. The Hall–Kier alpha value is -4.59. The molecule has 0 saturated heterocycles. The van der Waals surface area contributed by atoms with Gasteiger partial charge in [-0.3, -0.25) is 19.7 Å². The third-order valence-electron chi connectivity index (χ3n) is 7.20. The number of carbonyl (C=O) groups is 1. The second-order valence-corrected chi connectivity index (χ2v) is 9.26. The van der Waals surface area contributed by atoms with Crippen LogP contribution in [0.2, 0.25) is 0 Å². The molecule has 6 rings (SSSR count). The fourth-order valence-electron chi connectivity index (χ4n) is 5.47. The molecule has 1 aliphatic heterocycles. The molecule has 4 aromatic rings. The Balaban J connectivity index is 1.46. The van der Waals surface area contributed by atoms with E-state index >= 15 is 0 Å². The van der Waals surface area contributed by atoms with E-state index in [0.29, 0.717) is 41.3 Å². The normalized spacial score (nSPS) is 18.6. The molecule has 37 heavy (non-hydrogen) atoms. The van der Waals surface area contributed by atoms with Crippen molar-refractivity contribution in [3.8, 4) is 17.2 Å². The first-order valence-electron chi connectivity index (χ1n) is 12.1. The molecule has 3 heterocycles. The Morgan fingerprint density at radius 1 is 0.919 bits per heavy atom. The van der Waals surface area contributed by atoms with Gasteiger partial charge in [0.2, 0.25) is 0 Å². The largest absolute Gasteiger partial charge is 0.493 e. The van der Waals surface area contributed by atoms with Crippen molar-refractivity contribution in [3.05, 3.63) is 111 Å². The highest BCUT2D eigenvalue weighted by Crippen LogP contribution is 2.47. The molecule has 2 aliphatic rings. The summed E-state index contributed by atoms with van der Waals surface area (Å²) < 4.78 is 12.4. The van der Waals surface area contributed by atoms with Gasteiger partial charge in [0.1, 0.15) is 5.82 Å². The number of para-hydroxylation sites is 1. The van der Waals surface area contributed by atoms with Crippen LogP contribution in [0.15, 0.2) is 89.1 Å². The molecule has 0 spiro atoms. The summed E-state index contributed by atoms with van der Waals surface area (Å²) in [5, 5.41) is 6.66. The number of methoxy groups -OCH3 is 2. The summed E-state index contributed by atoms with van der Waals surface area (Å²) in [6.07, 6.45) is 4.37. The molecule has 2 atom stereocenters. The zero-order valence-corrected chi connectivity index (χ0v) is 20.5. The van der Waals surface area contributed by atoms with Crippen molar-refractivity contribution in [1.82, 2.24) is 14.8 Å². The molecule has 8 nitrogen and oxygen atoms in total. The lowest BCUT2D eigenvalue weighted by atomic mass is 9.73. The van der Waals surface area contributed by atoms with Crippen molar-refractivity contribution in [2.75, 3.05) is 19.5 Å². The number of rotatable bonds is 5. The number of benzene rings is 2. The highest BCUT2D eigenvalue weighted by molar-refractivity contribution is 6.01. The molecular weight excluding hydrogens is 468 g/mol. The zero-order chi connectivity index (χ0) is 25.5. The van der Waals surface area contributed by atoms with Gasteiger partial charge in [-0.05, 0) is 53.8 Å². The molecule has 2 N–H and O–H groups in total. The van der Waals surface area contributed by atoms with Gasteiger partial charge in [0, 0.05) is 36.0 Å². The minimum atomic E-state index is -0.507. The highest BCUT2D eigenvalue weighted by Gasteiger charge is 2.41. The van der Waals surface area contributed by atoms with E-state index in [2.05, 4.69) is 15.4 Å². The third kappa shape index (κ3) is 3.81. The highest BCUT2D eigenvalue weighted by atomic mass is 16.5. The average Bonchev–Trinajstić information content (AvgIpc) is 3.28. The van der Waals surface area contributed by atoms with Crippen molar-refractivity contribution in [2.24, 2.45) is 0 Å². The number of nitrogens with one attached hydrogen (secondary N) is 2. The van der Waals surface area contributed by atoms with Crippen LogP contribution in [0.5, 0.6) is 11.5 Å². The van der Waals surface area contributed by atoms with E-state index in [-0.39, 0.29) is 17.3 Å². The predicted molar refractivity (Wildman–Crippen MR) is 140 cm³/mol. The lowest BCUT2D eigenvalue weighted by Crippen LogP contribution is -2.32. The molecule has 2 unspecified atom stereocenters. The maximum Gasteiger partial charge on any atom is 0.277 e. The van der Waals surface area contributed by atoms with Crippen LogP contribution in [0.4, 0.5) is 5.82 Å². The number of ketones is 1. The number of hydrogen-bond acceptors (Lipinski definition) is 6. The summed E-state index contributed by atoms with van der Waals surface area (Å²) in [6.45, 7) is 0. The average molecular weight is 495 g/mol. The topological polar surface area (TPSA) is 98.2 Å². The van der Waals surface area contributed by atoms with Gasteiger partial charge in [0.05, 0.1) is 25.5 Å². The van der Waals surface area contributed by atoms with Crippen LogP contribution in [-0.2, 0) is 4.79 Å². The Bertz CT molecular complexity index is 1570. The van der Waals surface area contributed by atoms with Crippen LogP contribution in [-0.4, -0.2) is 34.8 Å². The number of Topliss-reactive ketones (excluding diaryl/α,β-unsaturated/α-hetero) is 1. The van der Waals surface area contributed by atoms with Crippen molar-refractivity contribution >= 4 is 11.6 Å². The summed E-state index contributed by atoms with van der Waals surface area (Å²) in [6, 6.07) is 18.9. The smallest absolute Gasteiger partial charge is 0.277 e. The van der Waals surface area contributed by atoms with Crippen LogP contribution in [0.1, 0.15) is 41.4 Å². The van der Waals surface area contributed by atoms with Crippen LogP contribution < -0.4 is 20.3 Å². The van der Waals surface area contributed by atoms with E-state index < -0.39 is 5.92 Å². The summed E-state index contributed by atoms with van der Waals surface area (Å²) >= 11 is 0. The van der Waals surface area contributed by atoms with Crippen LogP contribution in [0, 0.1) is 0 Å². The lowest BCUT2D eigenvalue weighted by Gasteiger charge is -2.34. The third-order valence-corrected chi connectivity index (χ3v) is 7.20. The minimum Gasteiger partial charge on any atom is -0.493 e. The van der Waals surface area contributed by atoms with E-state index in [0.717, 1.165) is 22.5 Å². The van der Waals surface area contributed by atoms with E-state index in [4.69, 9.17) is 9.47 Å². The number of nitrogens with zero attached hydrogens (tertiary/aromatic N) is 2. The van der Waals surface area contributed by atoms with Gasteiger partial charge >= 0.3 is 0 Å². The summed E-state index contributed by atoms with van der Waals surface area (Å²) in [5.41, 5.74) is 4.32. The molecular formula is C29H26N4O4. The molecule has 8 heteroatoms. The molecule has 0 bridgehead atoms. The maximum absolute atomic E-state index is 13.8. The van der Waals surface area contributed by atoms with Gasteiger partial charge in [-0.25, -0.2) is 4.68 Å². The van der Waals surface area contributed by atoms with E-state index in [1.165, 1.54) is 4.68 Å². The number of anilines is 1. The van der Waals surface area contributed by atoms with Gasteiger partial charge in [-0.1, -0.05) is 30.3 Å². The summed E-state index contributed by atoms with van der Waals surface area (Å²) in [4.78, 5) is 31.8. The summed E-state index contributed by atoms with van der Waals surface area (Å²) in [7, 11) is 3.20. The zero-order valence-electron chi connectivity index (χ0n) is 20.5. The number of aromatic nitrogens is 3. The predicted octanol–water partition coefficient (Wildman–Crippen LogP) is 4.54. The van der Waals surface area contributed by atoms with Gasteiger partial charge in [0.25, 0.3) is 5.56 Å². The van der Waals surface area contributed by atoms with Crippen molar-refractivity contribution in [2.45, 2.75) is 24.7 Å². The number of aromatic amines is 1. The first kappa shape index (κ1) is 22.8. The quantitative estimate of drug-likeness (QED) is 0.423. The van der Waals surface area contributed by atoms with Crippen LogP contribution >= 0.6 is 0 Å². The number of fused-ring (bicyclic) bond motifs is 1. The fraction of sp³-hybridized carbons (Fsp3) is 0.207. The van der Waals surface area contributed by atoms with Crippen LogP contribution in [0.3, 0.4) is 0 Å². The van der Waals surface area contributed by atoms with E-state index in [1.807, 2.05) is 60.7 Å². The van der Waals surface area contributed by atoms with Crippen LogP contribution in [0.25, 0.3) is 5.69 Å². The Morgan fingerprint density at radius 2 is 1.73 bits per heavy atom.